The molecule has 1 saturated carbocycles. The van der Waals surface area contributed by atoms with Crippen molar-refractivity contribution in [3.05, 3.63) is 65.8 Å². The summed E-state index contributed by atoms with van der Waals surface area (Å²) < 4.78 is 21.6. The molecule has 0 unspecified atom stereocenters. The third-order valence-corrected chi connectivity index (χ3v) is 6.64. The zero-order valence-corrected chi connectivity index (χ0v) is 16.5. The van der Waals surface area contributed by atoms with Crippen LogP contribution in [0.1, 0.15) is 44.4 Å². The van der Waals surface area contributed by atoms with Crippen molar-refractivity contribution >= 4 is 6.08 Å². The van der Waals surface area contributed by atoms with E-state index in [-0.39, 0.29) is 23.9 Å². The summed E-state index contributed by atoms with van der Waals surface area (Å²) in [4.78, 5) is 0. The number of aliphatic hydroxyl groups is 1. The Balaban J connectivity index is 1.73. The Morgan fingerprint density at radius 2 is 2.11 bits per heavy atom. The van der Waals surface area contributed by atoms with Gasteiger partial charge in [0.2, 0.25) is 0 Å². The molecule has 0 saturated heterocycles. The van der Waals surface area contributed by atoms with Crippen LogP contribution in [0.25, 0.3) is 11.8 Å². The molecule has 0 amide bonds. The SMILES string of the molecule is C=C[C@@H](CO)O[C@]1(C)CCCC2=Cc3c(cnn3-c3ccc(F)cc3)C[C@@]21C. The molecular weight excluding hydrogens is 355 g/mol. The molecule has 2 aliphatic rings. The summed E-state index contributed by atoms with van der Waals surface area (Å²) in [7, 11) is 0. The summed E-state index contributed by atoms with van der Waals surface area (Å²) in [5.41, 5.74) is 3.85. The van der Waals surface area contributed by atoms with E-state index >= 15 is 0 Å². The maximum atomic E-state index is 13.3. The fraction of sp³-hybridized carbons (Fsp3) is 0.435. The zero-order chi connectivity index (χ0) is 19.9. The van der Waals surface area contributed by atoms with E-state index in [1.54, 1.807) is 18.2 Å². The second-order valence-electron chi connectivity index (χ2n) is 8.28. The van der Waals surface area contributed by atoms with Gasteiger partial charge in [0.1, 0.15) is 5.82 Å². The van der Waals surface area contributed by atoms with Gasteiger partial charge in [0.05, 0.1) is 35.9 Å². The highest BCUT2D eigenvalue weighted by Gasteiger charge is 2.52. The Kier molecular flexibility index (Phi) is 4.76. The van der Waals surface area contributed by atoms with Crippen molar-refractivity contribution in [2.45, 2.75) is 51.2 Å². The molecule has 4 rings (SSSR count). The zero-order valence-electron chi connectivity index (χ0n) is 16.5. The lowest BCUT2D eigenvalue weighted by Gasteiger charge is -2.53. The first kappa shape index (κ1) is 19.1. The first-order valence-corrected chi connectivity index (χ1v) is 9.85. The lowest BCUT2D eigenvalue weighted by atomic mass is 9.57. The van der Waals surface area contributed by atoms with E-state index in [0.717, 1.165) is 42.6 Å². The topological polar surface area (TPSA) is 47.3 Å². The van der Waals surface area contributed by atoms with Gasteiger partial charge in [0, 0.05) is 5.41 Å². The molecule has 0 bridgehead atoms. The molecular formula is C23H27FN2O2. The van der Waals surface area contributed by atoms with E-state index in [0.29, 0.717) is 0 Å². The molecule has 0 aliphatic heterocycles. The van der Waals surface area contributed by atoms with Gasteiger partial charge in [-0.3, -0.25) is 0 Å². The van der Waals surface area contributed by atoms with Crippen molar-refractivity contribution in [1.82, 2.24) is 9.78 Å². The third kappa shape index (κ3) is 2.93. The number of benzene rings is 1. The minimum Gasteiger partial charge on any atom is -0.393 e. The van der Waals surface area contributed by atoms with Gasteiger partial charge < -0.3 is 9.84 Å². The number of ether oxygens (including phenoxy) is 1. The maximum absolute atomic E-state index is 13.3. The second-order valence-corrected chi connectivity index (χ2v) is 8.28. The molecule has 148 valence electrons. The predicted molar refractivity (Wildman–Crippen MR) is 108 cm³/mol. The van der Waals surface area contributed by atoms with Crippen molar-refractivity contribution in [2.75, 3.05) is 6.61 Å². The quantitative estimate of drug-likeness (QED) is 0.777. The van der Waals surface area contributed by atoms with Crippen LogP contribution in [0, 0.1) is 11.2 Å². The van der Waals surface area contributed by atoms with Gasteiger partial charge in [-0.05, 0) is 68.5 Å². The highest BCUT2D eigenvalue weighted by Crippen LogP contribution is 2.55. The summed E-state index contributed by atoms with van der Waals surface area (Å²) in [5, 5.41) is 14.2. The van der Waals surface area contributed by atoms with Crippen LogP contribution in [0.3, 0.4) is 0 Å². The van der Waals surface area contributed by atoms with E-state index in [1.807, 2.05) is 10.9 Å². The number of hydrogen-bond donors (Lipinski definition) is 1. The van der Waals surface area contributed by atoms with E-state index < -0.39 is 5.60 Å². The maximum Gasteiger partial charge on any atom is 0.123 e. The van der Waals surface area contributed by atoms with E-state index in [2.05, 4.69) is 31.6 Å². The molecule has 1 heterocycles. The summed E-state index contributed by atoms with van der Waals surface area (Å²) in [6.07, 6.45) is 9.25. The average molecular weight is 382 g/mol. The molecule has 0 spiro atoms. The predicted octanol–water partition coefficient (Wildman–Crippen LogP) is 4.46. The molecule has 2 aliphatic carbocycles. The summed E-state index contributed by atoms with van der Waals surface area (Å²) in [6, 6.07) is 6.41. The van der Waals surface area contributed by atoms with E-state index in [9.17, 15) is 9.50 Å². The summed E-state index contributed by atoms with van der Waals surface area (Å²) in [6.45, 7) is 8.14. The van der Waals surface area contributed by atoms with Gasteiger partial charge in [-0.15, -0.1) is 6.58 Å². The Bertz CT molecular complexity index is 917. The number of fused-ring (bicyclic) bond motifs is 2. The lowest BCUT2D eigenvalue weighted by Crippen LogP contribution is -2.53. The number of halogens is 1. The number of aromatic nitrogens is 2. The van der Waals surface area contributed by atoms with Crippen LogP contribution in [0.4, 0.5) is 4.39 Å². The van der Waals surface area contributed by atoms with Crippen molar-refractivity contribution in [1.29, 1.82) is 0 Å². The van der Waals surface area contributed by atoms with Crippen LogP contribution in [-0.2, 0) is 11.2 Å². The molecule has 4 nitrogen and oxygen atoms in total. The minimum absolute atomic E-state index is 0.0675. The third-order valence-electron chi connectivity index (χ3n) is 6.64. The van der Waals surface area contributed by atoms with Gasteiger partial charge in [0.15, 0.2) is 0 Å². The van der Waals surface area contributed by atoms with E-state index in [1.165, 1.54) is 17.7 Å². The normalized spacial score (nSPS) is 27.5. The molecule has 1 aromatic carbocycles. The molecule has 0 radical (unpaired) electrons. The van der Waals surface area contributed by atoms with Gasteiger partial charge >= 0.3 is 0 Å². The highest BCUT2D eigenvalue weighted by atomic mass is 19.1. The second kappa shape index (κ2) is 6.98. The average Bonchev–Trinajstić information content (AvgIpc) is 3.08. The number of hydrogen-bond acceptors (Lipinski definition) is 3. The number of aliphatic hydroxyl groups excluding tert-OH is 1. The molecule has 5 heteroatoms. The summed E-state index contributed by atoms with van der Waals surface area (Å²) in [5.74, 6) is -0.253. The van der Waals surface area contributed by atoms with Crippen LogP contribution in [-0.4, -0.2) is 33.2 Å². The molecule has 3 atom stereocenters. The van der Waals surface area contributed by atoms with Gasteiger partial charge in [-0.25, -0.2) is 9.07 Å². The Hall–Kier alpha value is -2.24. The van der Waals surface area contributed by atoms with Crippen molar-refractivity contribution in [2.24, 2.45) is 5.41 Å². The van der Waals surface area contributed by atoms with Crippen LogP contribution in [0.2, 0.25) is 0 Å². The monoisotopic (exact) mass is 382 g/mol. The van der Waals surface area contributed by atoms with Crippen molar-refractivity contribution in [3.63, 3.8) is 0 Å². The van der Waals surface area contributed by atoms with Crippen molar-refractivity contribution in [3.8, 4) is 5.69 Å². The minimum atomic E-state index is -0.395. The van der Waals surface area contributed by atoms with E-state index in [4.69, 9.17) is 4.74 Å². The van der Waals surface area contributed by atoms with Crippen LogP contribution in [0.15, 0.2) is 48.7 Å². The van der Waals surface area contributed by atoms with Crippen LogP contribution < -0.4 is 0 Å². The molecule has 1 aromatic heterocycles. The number of rotatable bonds is 5. The van der Waals surface area contributed by atoms with Crippen LogP contribution >= 0.6 is 0 Å². The largest absolute Gasteiger partial charge is 0.393 e. The fourth-order valence-corrected chi connectivity index (χ4v) is 4.74. The highest BCUT2D eigenvalue weighted by molar-refractivity contribution is 5.62. The smallest absolute Gasteiger partial charge is 0.123 e. The number of nitrogens with zero attached hydrogens (tertiary/aromatic N) is 2. The first-order valence-electron chi connectivity index (χ1n) is 9.85. The molecule has 2 aromatic rings. The van der Waals surface area contributed by atoms with Gasteiger partial charge in [-0.1, -0.05) is 18.6 Å². The molecule has 28 heavy (non-hydrogen) atoms. The molecule has 1 fully saturated rings. The first-order chi connectivity index (χ1) is 13.4. The van der Waals surface area contributed by atoms with Gasteiger partial charge in [0.25, 0.3) is 0 Å². The van der Waals surface area contributed by atoms with Crippen LogP contribution in [0.5, 0.6) is 0 Å². The molecule has 1 N–H and O–H groups in total. The standard InChI is InChI=1S/C23H27FN2O2/c1-4-20(15-27)28-23(3)11-5-6-17-12-21-16(13-22(17,23)2)14-25-26(21)19-9-7-18(24)8-10-19/h4,7-10,12,14,20,27H,1,5-6,11,13,15H2,2-3H3/t20-,22-,23+/m0/s1. The fourth-order valence-electron chi connectivity index (χ4n) is 4.74. The van der Waals surface area contributed by atoms with Crippen molar-refractivity contribution < 1.29 is 14.2 Å². The Labute approximate surface area is 165 Å². The Morgan fingerprint density at radius 1 is 1.36 bits per heavy atom. The Morgan fingerprint density at radius 3 is 2.79 bits per heavy atom. The lowest BCUT2D eigenvalue weighted by molar-refractivity contribution is -0.150. The summed E-state index contributed by atoms with van der Waals surface area (Å²) >= 11 is 0. The van der Waals surface area contributed by atoms with Gasteiger partial charge in [-0.2, -0.15) is 5.10 Å².